The van der Waals surface area contributed by atoms with Crippen LogP contribution in [0.4, 0.5) is 0 Å². The van der Waals surface area contributed by atoms with E-state index in [4.69, 9.17) is 14.2 Å². The van der Waals surface area contributed by atoms with Gasteiger partial charge in [-0.05, 0) is 72.7 Å². The molecule has 1 saturated heterocycles. The number of ether oxygens (including phenoxy) is 3. The number of hydrogen-bond donors (Lipinski definition) is 3. The van der Waals surface area contributed by atoms with Crippen LogP contribution in [0.1, 0.15) is 61.3 Å². The van der Waals surface area contributed by atoms with E-state index in [2.05, 4.69) is 0 Å². The van der Waals surface area contributed by atoms with Gasteiger partial charge in [-0.25, -0.2) is 0 Å². The fourth-order valence-electron chi connectivity index (χ4n) is 5.48. The summed E-state index contributed by atoms with van der Waals surface area (Å²) in [6, 6.07) is -0.215. The van der Waals surface area contributed by atoms with Gasteiger partial charge in [0, 0.05) is 17.9 Å². The lowest BCUT2D eigenvalue weighted by molar-refractivity contribution is -0.278. The zero-order valence-electron chi connectivity index (χ0n) is 24.2. The van der Waals surface area contributed by atoms with Crippen LogP contribution in [0.3, 0.4) is 0 Å². The number of allylic oxidation sites excluding steroid dienone is 1. The molecule has 12 atom stereocenters. The predicted molar refractivity (Wildman–Crippen MR) is 140 cm³/mol. The number of aliphatic hydroxyl groups excluding tert-OH is 2. The van der Waals surface area contributed by atoms with Crippen molar-refractivity contribution >= 4 is 17.5 Å². The van der Waals surface area contributed by atoms with Crippen molar-refractivity contribution in [3.05, 3.63) is 12.2 Å². The maximum atomic E-state index is 13.5. The van der Waals surface area contributed by atoms with Crippen LogP contribution in [-0.4, -0.2) is 100 Å². The Balaban J connectivity index is 2.46. The summed E-state index contributed by atoms with van der Waals surface area (Å²) in [5.74, 6) is -4.47. The van der Waals surface area contributed by atoms with E-state index in [1.54, 1.807) is 13.8 Å². The highest BCUT2D eigenvalue weighted by atomic mass is 16.7. The summed E-state index contributed by atoms with van der Waals surface area (Å²) in [5.41, 5.74) is -1.84. The average molecular weight is 542 g/mol. The van der Waals surface area contributed by atoms with Gasteiger partial charge < -0.3 is 34.4 Å². The third-order valence-electron chi connectivity index (χ3n) is 7.90. The molecule has 0 amide bonds. The molecule has 38 heavy (non-hydrogen) atoms. The number of likely N-dealkylation sites (N-methyl/N-ethyl adjacent to an activating group) is 1. The highest BCUT2D eigenvalue weighted by molar-refractivity contribution is 6.00. The Kier molecular flexibility index (Phi) is 11.2. The van der Waals surface area contributed by atoms with Crippen LogP contribution in [0.5, 0.6) is 0 Å². The molecule has 0 spiro atoms. The van der Waals surface area contributed by atoms with Crippen LogP contribution in [0.2, 0.25) is 0 Å². The Morgan fingerprint density at radius 3 is 2.26 bits per heavy atom. The van der Waals surface area contributed by atoms with E-state index >= 15 is 0 Å². The smallest absolute Gasteiger partial charge is 0.316 e. The third kappa shape index (κ3) is 7.70. The van der Waals surface area contributed by atoms with Gasteiger partial charge >= 0.3 is 5.97 Å². The first-order valence-electron chi connectivity index (χ1n) is 13.5. The molecule has 2 rings (SSSR count). The van der Waals surface area contributed by atoms with Crippen molar-refractivity contribution in [1.82, 2.24) is 4.90 Å². The number of ketones is 2. The van der Waals surface area contributed by atoms with Crippen molar-refractivity contribution < 1.29 is 43.9 Å². The van der Waals surface area contributed by atoms with Crippen LogP contribution in [0, 0.1) is 23.7 Å². The minimum atomic E-state index is -1.84. The molecule has 2 aliphatic heterocycles. The van der Waals surface area contributed by atoms with Gasteiger partial charge in [0.05, 0.1) is 18.3 Å². The quantitative estimate of drug-likeness (QED) is 0.354. The summed E-state index contributed by atoms with van der Waals surface area (Å²) in [6.07, 6.45) is -2.21. The SMILES string of the molecule is C[C@H]1C(=O)OC([C@@H](C)O)[C@@](C)(O)/C=C/C(=O)[C@H](C)C[C@H](C)[C@H](O[C@@H]2O[C@H](C)C[C@H](N(C)C)[C@H]2O)[C@@H](C)C1=O. The lowest BCUT2D eigenvalue weighted by Crippen LogP contribution is -2.56. The molecule has 0 aromatic carbocycles. The third-order valence-corrected chi connectivity index (χ3v) is 7.90. The molecule has 10 heteroatoms. The number of rotatable bonds is 4. The molecule has 10 nitrogen and oxygen atoms in total. The molecular formula is C28H47NO9. The first-order valence-corrected chi connectivity index (χ1v) is 13.5. The van der Waals surface area contributed by atoms with E-state index < -0.39 is 65.8 Å². The van der Waals surface area contributed by atoms with Crippen LogP contribution >= 0.6 is 0 Å². The standard InChI is InChI=1S/C28H47NO9/c1-14-12-15(2)24(37-27-23(33)20(29(8)9)13-16(3)36-27)17(4)22(32)18(5)26(34)38-25(19(6)30)28(7,35)11-10-21(14)31/h10-11,14-20,23-25,27,30,33,35H,12-13H2,1-9H3/b11-10+/t14-,15+,16-,17+,18-,19-,20+,23-,24+,25?,27+,28+/m1/s1. The van der Waals surface area contributed by atoms with Gasteiger partial charge in [0.2, 0.25) is 0 Å². The molecule has 0 aliphatic carbocycles. The maximum absolute atomic E-state index is 13.5. The van der Waals surface area contributed by atoms with Gasteiger partial charge in [0.25, 0.3) is 0 Å². The molecule has 2 aliphatic rings. The monoisotopic (exact) mass is 541 g/mol. The van der Waals surface area contributed by atoms with Gasteiger partial charge in [0.1, 0.15) is 17.6 Å². The van der Waals surface area contributed by atoms with Gasteiger partial charge in [-0.15, -0.1) is 0 Å². The predicted octanol–water partition coefficient (Wildman–Crippen LogP) is 1.48. The number of Topliss-reactive ketones (excluding diaryl/α,β-unsaturated/α-hetero) is 1. The second kappa shape index (κ2) is 13.1. The van der Waals surface area contributed by atoms with E-state index in [0.29, 0.717) is 12.8 Å². The zero-order chi connectivity index (χ0) is 29.1. The maximum Gasteiger partial charge on any atom is 0.316 e. The second-order valence-corrected chi connectivity index (χ2v) is 11.8. The lowest BCUT2D eigenvalue weighted by Gasteiger charge is -2.43. The van der Waals surface area contributed by atoms with Crippen molar-refractivity contribution in [3.63, 3.8) is 0 Å². The number of carbonyl (C=O) groups excluding carboxylic acids is 3. The second-order valence-electron chi connectivity index (χ2n) is 11.8. The average Bonchev–Trinajstić information content (AvgIpc) is 2.83. The van der Waals surface area contributed by atoms with Crippen molar-refractivity contribution in [1.29, 1.82) is 0 Å². The number of hydrogen-bond acceptors (Lipinski definition) is 10. The summed E-state index contributed by atoms with van der Waals surface area (Å²) in [6.45, 7) is 11.2. The van der Waals surface area contributed by atoms with E-state index in [-0.39, 0.29) is 23.8 Å². The van der Waals surface area contributed by atoms with Gasteiger partial charge in [-0.3, -0.25) is 14.4 Å². The summed E-state index contributed by atoms with van der Waals surface area (Å²) < 4.78 is 17.7. The van der Waals surface area contributed by atoms with E-state index in [9.17, 15) is 29.7 Å². The lowest BCUT2D eigenvalue weighted by atomic mass is 9.80. The first kappa shape index (κ1) is 32.5. The van der Waals surface area contributed by atoms with Crippen molar-refractivity contribution in [2.75, 3.05) is 14.1 Å². The van der Waals surface area contributed by atoms with E-state index in [0.717, 1.165) is 0 Å². The van der Waals surface area contributed by atoms with Crippen LogP contribution in [-0.2, 0) is 28.6 Å². The number of cyclic esters (lactones) is 1. The first-order chi connectivity index (χ1) is 17.5. The summed E-state index contributed by atoms with van der Waals surface area (Å²) in [7, 11) is 3.73. The number of esters is 1. The minimum absolute atomic E-state index is 0.194. The van der Waals surface area contributed by atoms with Crippen molar-refractivity contribution in [2.45, 2.75) is 110 Å². The fourth-order valence-corrected chi connectivity index (χ4v) is 5.48. The summed E-state index contributed by atoms with van der Waals surface area (Å²) in [4.78, 5) is 41.3. The number of carbonyl (C=O) groups is 3. The van der Waals surface area contributed by atoms with Gasteiger partial charge in [-0.1, -0.05) is 20.8 Å². The van der Waals surface area contributed by atoms with Crippen LogP contribution in [0.15, 0.2) is 12.2 Å². The fraction of sp³-hybridized carbons (Fsp3) is 0.821. The molecule has 218 valence electrons. The molecular weight excluding hydrogens is 494 g/mol. The van der Waals surface area contributed by atoms with E-state index in [1.165, 1.54) is 32.9 Å². The normalized spacial score (nSPS) is 43.9. The van der Waals surface area contributed by atoms with Crippen molar-refractivity contribution in [2.24, 2.45) is 23.7 Å². The highest BCUT2D eigenvalue weighted by Crippen LogP contribution is 2.32. The minimum Gasteiger partial charge on any atom is -0.456 e. The largest absolute Gasteiger partial charge is 0.456 e. The van der Waals surface area contributed by atoms with Crippen LogP contribution < -0.4 is 0 Å². The molecule has 1 fully saturated rings. The molecule has 0 radical (unpaired) electrons. The topological polar surface area (TPSA) is 143 Å². The summed E-state index contributed by atoms with van der Waals surface area (Å²) >= 11 is 0. The molecule has 0 aromatic rings. The zero-order valence-corrected chi connectivity index (χ0v) is 24.2. The van der Waals surface area contributed by atoms with Crippen molar-refractivity contribution in [3.8, 4) is 0 Å². The molecule has 1 unspecified atom stereocenters. The molecule has 2 heterocycles. The number of nitrogens with zero attached hydrogens (tertiary/aromatic N) is 1. The molecule has 0 bridgehead atoms. The summed E-state index contributed by atoms with van der Waals surface area (Å²) in [5, 5.41) is 32.1. The molecule has 0 aromatic heterocycles. The molecule has 3 N–H and O–H groups in total. The Labute approximate surface area is 226 Å². The Bertz CT molecular complexity index is 870. The van der Waals surface area contributed by atoms with E-state index in [1.807, 2.05) is 32.8 Å². The Morgan fingerprint density at radius 2 is 1.71 bits per heavy atom. The molecule has 0 saturated carbocycles. The van der Waals surface area contributed by atoms with Crippen LogP contribution in [0.25, 0.3) is 0 Å². The number of aliphatic hydroxyl groups is 3. The highest BCUT2D eigenvalue weighted by Gasteiger charge is 2.44. The Hall–Kier alpha value is -1.69. The Morgan fingerprint density at radius 1 is 1.11 bits per heavy atom. The van der Waals surface area contributed by atoms with Gasteiger partial charge in [-0.2, -0.15) is 0 Å². The van der Waals surface area contributed by atoms with Gasteiger partial charge in [0.15, 0.2) is 24.0 Å².